The molecule has 2 aliphatic carbocycles. The number of amides is 2. The van der Waals surface area contributed by atoms with E-state index in [1.54, 1.807) is 31.3 Å². The van der Waals surface area contributed by atoms with Crippen LogP contribution in [0.1, 0.15) is 57.9 Å². The largest absolute Gasteiger partial charge is 0.455 e. The van der Waals surface area contributed by atoms with E-state index in [1.165, 1.54) is 17.7 Å². The van der Waals surface area contributed by atoms with Crippen molar-refractivity contribution in [1.29, 1.82) is 0 Å². The summed E-state index contributed by atoms with van der Waals surface area (Å²) in [5, 5.41) is 6.52. The third-order valence-electron chi connectivity index (χ3n) is 7.93. The normalized spacial score (nSPS) is 15.8. The Labute approximate surface area is 237 Å². The van der Waals surface area contributed by atoms with Crippen molar-refractivity contribution in [3.8, 4) is 22.5 Å². The van der Waals surface area contributed by atoms with Crippen LogP contribution in [0, 0.1) is 5.82 Å². The number of rotatable bonds is 9. The van der Waals surface area contributed by atoms with E-state index in [-0.39, 0.29) is 17.6 Å². The Balaban J connectivity index is 1.43. The first-order chi connectivity index (χ1) is 19.9. The summed E-state index contributed by atoms with van der Waals surface area (Å²) in [6.45, 7) is 7.41. The molecular formula is C34H30FN3O3. The Morgan fingerprint density at radius 1 is 1.02 bits per heavy atom. The molecule has 6 rings (SSSR count). The quantitative estimate of drug-likeness (QED) is 0.172. The number of allylic oxidation sites excluding steroid dienone is 2. The molecule has 1 aromatic heterocycles. The molecule has 0 atom stereocenters. The maximum atomic E-state index is 13.6. The van der Waals surface area contributed by atoms with Crippen LogP contribution in [0.15, 0.2) is 94.5 Å². The standard InChI is InChI=1S/C34H30FN3O3/c1-4-5-29(36-2)34(16-17-34)38-32(39)23-10-14-25(20-6-7-20)26(19-23)22-11-15-28-27(18-22)30(33(40)37-3)31(41-28)21-8-12-24(35)13-9-21/h4-5,8-15,18-20H,1-2,6-7,16-17H2,3H3,(H,37,40)(H,38,39). The zero-order valence-corrected chi connectivity index (χ0v) is 22.8. The first-order valence-corrected chi connectivity index (χ1v) is 13.7. The number of nitrogens with one attached hydrogen (secondary N) is 2. The lowest BCUT2D eigenvalue weighted by Gasteiger charge is -2.19. The minimum absolute atomic E-state index is 0.182. The second-order valence-corrected chi connectivity index (χ2v) is 10.7. The number of hydrogen-bond acceptors (Lipinski definition) is 4. The summed E-state index contributed by atoms with van der Waals surface area (Å²) in [7, 11) is 1.57. The van der Waals surface area contributed by atoms with Gasteiger partial charge in [0.1, 0.15) is 17.2 Å². The Morgan fingerprint density at radius 3 is 2.39 bits per heavy atom. The van der Waals surface area contributed by atoms with Gasteiger partial charge in [-0.05, 0) is 110 Å². The third kappa shape index (κ3) is 4.88. The van der Waals surface area contributed by atoms with Crippen LogP contribution in [0.25, 0.3) is 33.4 Å². The fourth-order valence-electron chi connectivity index (χ4n) is 5.45. The molecule has 0 spiro atoms. The number of aliphatic imine (C=N–C) groups is 1. The monoisotopic (exact) mass is 547 g/mol. The maximum absolute atomic E-state index is 13.6. The van der Waals surface area contributed by atoms with Gasteiger partial charge in [-0.25, -0.2) is 4.39 Å². The van der Waals surface area contributed by atoms with Crippen molar-refractivity contribution in [2.45, 2.75) is 37.1 Å². The molecule has 2 amide bonds. The molecule has 0 unspecified atom stereocenters. The summed E-state index contributed by atoms with van der Waals surface area (Å²) < 4.78 is 19.7. The predicted molar refractivity (Wildman–Crippen MR) is 160 cm³/mol. The van der Waals surface area contributed by atoms with Gasteiger partial charge < -0.3 is 15.1 Å². The number of carbonyl (C=O) groups excluding carboxylic acids is 2. The summed E-state index contributed by atoms with van der Waals surface area (Å²) in [5.41, 5.74) is 5.27. The molecule has 2 aliphatic rings. The number of hydrogen-bond donors (Lipinski definition) is 2. The highest BCUT2D eigenvalue weighted by atomic mass is 19.1. The Bertz CT molecular complexity index is 1740. The van der Waals surface area contributed by atoms with Gasteiger partial charge in [-0.1, -0.05) is 24.8 Å². The second kappa shape index (κ2) is 10.3. The molecule has 206 valence electrons. The summed E-state index contributed by atoms with van der Waals surface area (Å²) in [4.78, 5) is 30.7. The van der Waals surface area contributed by atoms with E-state index in [1.807, 2.05) is 36.4 Å². The van der Waals surface area contributed by atoms with Crippen LogP contribution in [-0.4, -0.2) is 31.1 Å². The molecular weight excluding hydrogens is 517 g/mol. The van der Waals surface area contributed by atoms with Crippen LogP contribution >= 0.6 is 0 Å². The van der Waals surface area contributed by atoms with Crippen LogP contribution in [-0.2, 0) is 0 Å². The maximum Gasteiger partial charge on any atom is 0.255 e. The highest BCUT2D eigenvalue weighted by Gasteiger charge is 2.47. The van der Waals surface area contributed by atoms with Crippen LogP contribution in [0.3, 0.4) is 0 Å². The molecule has 4 aromatic rings. The molecule has 0 saturated heterocycles. The van der Waals surface area contributed by atoms with Gasteiger partial charge in [-0.15, -0.1) is 0 Å². The Morgan fingerprint density at radius 2 is 1.76 bits per heavy atom. The highest BCUT2D eigenvalue weighted by molar-refractivity contribution is 6.12. The summed E-state index contributed by atoms with van der Waals surface area (Å²) in [6, 6.07) is 17.4. The van der Waals surface area contributed by atoms with Gasteiger partial charge in [-0.3, -0.25) is 14.6 Å². The average Bonchev–Trinajstić information content (AvgIpc) is 3.93. The summed E-state index contributed by atoms with van der Waals surface area (Å²) in [6.07, 6.45) is 7.20. The molecule has 0 bridgehead atoms. The van der Waals surface area contributed by atoms with E-state index >= 15 is 0 Å². The van der Waals surface area contributed by atoms with E-state index in [0.29, 0.717) is 45.0 Å². The summed E-state index contributed by atoms with van der Waals surface area (Å²) in [5.74, 6) is -0.0480. The number of halogens is 1. The molecule has 2 N–H and O–H groups in total. The van der Waals surface area contributed by atoms with Crippen molar-refractivity contribution in [3.05, 3.63) is 108 Å². The minimum atomic E-state index is -0.517. The minimum Gasteiger partial charge on any atom is -0.455 e. The number of carbonyl (C=O) groups is 2. The topological polar surface area (TPSA) is 83.7 Å². The molecule has 6 nitrogen and oxygen atoms in total. The first kappa shape index (κ1) is 26.4. The van der Waals surface area contributed by atoms with Crippen molar-refractivity contribution in [2.75, 3.05) is 7.05 Å². The van der Waals surface area contributed by atoms with Crippen molar-refractivity contribution in [2.24, 2.45) is 4.99 Å². The Kier molecular flexibility index (Phi) is 6.66. The average molecular weight is 548 g/mol. The van der Waals surface area contributed by atoms with Crippen molar-refractivity contribution < 1.29 is 18.4 Å². The molecule has 7 heteroatoms. The zero-order valence-electron chi connectivity index (χ0n) is 22.8. The number of nitrogens with zero attached hydrogens (tertiary/aromatic N) is 1. The lowest BCUT2D eigenvalue weighted by Crippen LogP contribution is -2.38. The first-order valence-electron chi connectivity index (χ1n) is 13.7. The molecule has 1 heterocycles. The van der Waals surface area contributed by atoms with E-state index in [4.69, 9.17) is 4.42 Å². The summed E-state index contributed by atoms with van der Waals surface area (Å²) >= 11 is 0. The van der Waals surface area contributed by atoms with E-state index in [0.717, 1.165) is 36.8 Å². The van der Waals surface area contributed by atoms with Gasteiger partial charge >= 0.3 is 0 Å². The van der Waals surface area contributed by atoms with Crippen molar-refractivity contribution in [3.63, 3.8) is 0 Å². The third-order valence-corrected chi connectivity index (χ3v) is 7.93. The van der Waals surface area contributed by atoms with E-state index in [9.17, 15) is 14.0 Å². The van der Waals surface area contributed by atoms with Gasteiger partial charge in [0, 0.05) is 23.6 Å². The van der Waals surface area contributed by atoms with Crippen LogP contribution in [0.4, 0.5) is 4.39 Å². The van der Waals surface area contributed by atoms with E-state index < -0.39 is 5.54 Å². The fraction of sp³-hybridized carbons (Fsp3) is 0.206. The molecule has 0 aliphatic heterocycles. The van der Waals surface area contributed by atoms with Gasteiger partial charge in [0.25, 0.3) is 11.8 Å². The predicted octanol–water partition coefficient (Wildman–Crippen LogP) is 7.18. The highest BCUT2D eigenvalue weighted by Crippen LogP contribution is 2.46. The van der Waals surface area contributed by atoms with Crippen molar-refractivity contribution >= 4 is 29.5 Å². The van der Waals surface area contributed by atoms with Crippen LogP contribution < -0.4 is 10.6 Å². The second-order valence-electron chi connectivity index (χ2n) is 10.7. The Hall–Kier alpha value is -4.78. The number of fused-ring (bicyclic) bond motifs is 1. The molecule has 2 fully saturated rings. The van der Waals surface area contributed by atoms with Gasteiger partial charge in [0.05, 0.1) is 16.8 Å². The molecule has 3 aromatic carbocycles. The molecule has 2 saturated carbocycles. The molecule has 0 radical (unpaired) electrons. The molecule has 41 heavy (non-hydrogen) atoms. The number of benzene rings is 3. The van der Waals surface area contributed by atoms with Crippen LogP contribution in [0.2, 0.25) is 0 Å². The fourth-order valence-corrected chi connectivity index (χ4v) is 5.45. The van der Waals surface area contributed by atoms with Gasteiger partial charge in [0.2, 0.25) is 0 Å². The van der Waals surface area contributed by atoms with Gasteiger partial charge in [-0.2, -0.15) is 0 Å². The van der Waals surface area contributed by atoms with Crippen molar-refractivity contribution in [1.82, 2.24) is 10.6 Å². The van der Waals surface area contributed by atoms with Crippen LogP contribution in [0.5, 0.6) is 0 Å². The smallest absolute Gasteiger partial charge is 0.255 e. The zero-order chi connectivity index (χ0) is 28.7. The number of furan rings is 1. The SMILES string of the molecule is C=CC=C(N=C)C1(NC(=O)c2ccc(C3CC3)c(-c3ccc4oc(-c5ccc(F)cc5)c(C(=O)NC)c4c3)c2)CC1. The van der Waals surface area contributed by atoms with E-state index in [2.05, 4.69) is 28.9 Å². The van der Waals surface area contributed by atoms with Gasteiger partial charge in [0.15, 0.2) is 0 Å². The lowest BCUT2D eigenvalue weighted by molar-refractivity contribution is 0.0935. The lowest BCUT2D eigenvalue weighted by atomic mass is 9.93.